The number of methoxy groups -OCH3 is 3. The van der Waals surface area contributed by atoms with E-state index in [0.29, 0.717) is 73.7 Å². The summed E-state index contributed by atoms with van der Waals surface area (Å²) in [6, 6.07) is 6.63. The molecule has 11 nitrogen and oxygen atoms in total. The molecule has 0 bridgehead atoms. The molecule has 0 heterocycles. The Labute approximate surface area is 245 Å². The second-order valence-electron chi connectivity index (χ2n) is 10.2. The van der Waals surface area contributed by atoms with Gasteiger partial charge in [-0.25, -0.2) is 0 Å². The van der Waals surface area contributed by atoms with Gasteiger partial charge in [0.05, 0.1) is 33.1 Å². The zero-order chi connectivity index (χ0) is 30.6. The molecular weight excluding hydrogens is 542 g/mol. The number of carboxylic acids is 1. The minimum absolute atomic E-state index is 0.0889. The molecule has 228 valence electrons. The van der Waals surface area contributed by atoms with Crippen molar-refractivity contribution >= 4 is 23.5 Å². The number of hydrogen-bond donors (Lipinski definition) is 4. The molecule has 2 aromatic rings. The number of ether oxygens (including phenoxy) is 3. The van der Waals surface area contributed by atoms with E-state index in [2.05, 4.69) is 16.0 Å². The van der Waals surface area contributed by atoms with Gasteiger partial charge in [-0.15, -0.1) is 0 Å². The number of carboxylic acid groups (broad SMARTS) is 1. The molecule has 11 heteroatoms. The molecule has 42 heavy (non-hydrogen) atoms. The molecule has 0 aliphatic heterocycles. The number of benzene rings is 1. The van der Waals surface area contributed by atoms with Crippen LogP contribution in [0.15, 0.2) is 29.1 Å². The Morgan fingerprint density at radius 1 is 0.929 bits per heavy atom. The van der Waals surface area contributed by atoms with Crippen LogP contribution in [-0.2, 0) is 20.8 Å². The Kier molecular flexibility index (Phi) is 12.0. The smallest absolute Gasteiger partial charge is 0.303 e. The molecule has 0 fully saturated rings. The molecule has 3 rings (SSSR count). The Balaban J connectivity index is 1.80. The number of carbonyl (C=O) groups excluding carboxylic acids is 2. The summed E-state index contributed by atoms with van der Waals surface area (Å²) in [4.78, 5) is 48.2. The summed E-state index contributed by atoms with van der Waals surface area (Å²) >= 11 is 0. The van der Waals surface area contributed by atoms with Gasteiger partial charge >= 0.3 is 5.97 Å². The van der Waals surface area contributed by atoms with Gasteiger partial charge in [0.25, 0.3) is 0 Å². The lowest BCUT2D eigenvalue weighted by Crippen LogP contribution is -2.26. The van der Waals surface area contributed by atoms with E-state index in [4.69, 9.17) is 19.3 Å². The summed E-state index contributed by atoms with van der Waals surface area (Å²) in [5.74, 6) is 0.352. The van der Waals surface area contributed by atoms with Crippen molar-refractivity contribution in [2.24, 2.45) is 0 Å². The second-order valence-corrected chi connectivity index (χ2v) is 10.2. The van der Waals surface area contributed by atoms with Crippen molar-refractivity contribution in [3.8, 4) is 28.4 Å². The summed E-state index contributed by atoms with van der Waals surface area (Å²) in [5, 5.41) is 17.7. The highest BCUT2D eigenvalue weighted by atomic mass is 16.5. The maximum absolute atomic E-state index is 13.4. The fourth-order valence-corrected chi connectivity index (χ4v) is 5.22. The van der Waals surface area contributed by atoms with Crippen molar-refractivity contribution in [2.45, 2.75) is 64.3 Å². The number of anilines is 1. The van der Waals surface area contributed by atoms with Gasteiger partial charge in [-0.1, -0.05) is 12.5 Å². The molecule has 0 aromatic heterocycles. The number of hydrogen-bond acceptors (Lipinski definition) is 8. The van der Waals surface area contributed by atoms with Crippen LogP contribution in [0, 0.1) is 0 Å². The number of carbonyl (C=O) groups is 3. The normalized spacial score (nSPS) is 13.6. The number of aryl methyl sites for hydroxylation is 1. The van der Waals surface area contributed by atoms with E-state index in [1.54, 1.807) is 26.4 Å². The highest BCUT2D eigenvalue weighted by Gasteiger charge is 2.29. The van der Waals surface area contributed by atoms with Crippen LogP contribution in [0.1, 0.15) is 69.0 Å². The SMILES string of the molecule is COc1cc2c(c(OC)c1OC)-c1ccc(NCCCC(=O)NCCCCCC(=O)O)c(=O)cc1[C@H](NC(C)=O)CC2. The average molecular weight is 584 g/mol. The zero-order valence-corrected chi connectivity index (χ0v) is 24.8. The summed E-state index contributed by atoms with van der Waals surface area (Å²) in [6.45, 7) is 2.37. The molecule has 1 atom stereocenters. The monoisotopic (exact) mass is 583 g/mol. The number of unbranched alkanes of at least 4 members (excludes halogenated alkanes) is 2. The molecule has 0 saturated carbocycles. The van der Waals surface area contributed by atoms with Crippen molar-refractivity contribution < 1.29 is 33.7 Å². The van der Waals surface area contributed by atoms with Crippen LogP contribution in [0.5, 0.6) is 17.2 Å². The summed E-state index contributed by atoms with van der Waals surface area (Å²) < 4.78 is 17.0. The van der Waals surface area contributed by atoms with Crippen LogP contribution in [0.2, 0.25) is 0 Å². The maximum atomic E-state index is 13.4. The Bertz CT molecular complexity index is 1340. The molecular formula is C31H41N3O8. The number of amides is 2. The molecule has 0 radical (unpaired) electrons. The predicted octanol–water partition coefficient (Wildman–Crippen LogP) is 3.82. The van der Waals surface area contributed by atoms with Gasteiger partial charge in [0.1, 0.15) is 0 Å². The summed E-state index contributed by atoms with van der Waals surface area (Å²) in [5.41, 5.74) is 3.28. The van der Waals surface area contributed by atoms with Gasteiger partial charge in [-0.2, -0.15) is 0 Å². The van der Waals surface area contributed by atoms with Crippen molar-refractivity contribution in [1.82, 2.24) is 10.6 Å². The third-order valence-corrected chi connectivity index (χ3v) is 7.20. The van der Waals surface area contributed by atoms with Gasteiger partial charge in [0.2, 0.25) is 23.0 Å². The quantitative estimate of drug-likeness (QED) is 0.229. The van der Waals surface area contributed by atoms with Crippen LogP contribution >= 0.6 is 0 Å². The van der Waals surface area contributed by atoms with Crippen LogP contribution in [0.3, 0.4) is 0 Å². The zero-order valence-electron chi connectivity index (χ0n) is 24.8. The third kappa shape index (κ3) is 8.37. The minimum Gasteiger partial charge on any atom is -0.493 e. The maximum Gasteiger partial charge on any atom is 0.303 e. The van der Waals surface area contributed by atoms with Crippen LogP contribution in [0.4, 0.5) is 5.69 Å². The number of aliphatic carboxylic acids is 1. The summed E-state index contributed by atoms with van der Waals surface area (Å²) in [6.07, 6.45) is 4.20. The fourth-order valence-electron chi connectivity index (χ4n) is 5.22. The standard InChI is InChI=1S/C31H41N3O8/c1-19(35)34-23-13-11-20-17-26(40-2)30(41-3)31(42-4)29(20)21-12-14-24(25(36)18-22(21)23)32-16-8-9-27(37)33-15-7-5-6-10-28(38)39/h12,14,17-18,23H,5-11,13,15-16H2,1-4H3,(H,32,36)(H,33,37)(H,34,35)(H,38,39)/t23-/m1/s1. The van der Waals surface area contributed by atoms with Gasteiger partial charge in [0, 0.05) is 38.4 Å². The number of rotatable bonds is 15. The molecule has 0 saturated heterocycles. The van der Waals surface area contributed by atoms with Gasteiger partial charge in [-0.05, 0) is 67.0 Å². The summed E-state index contributed by atoms with van der Waals surface area (Å²) in [7, 11) is 4.65. The Morgan fingerprint density at radius 3 is 2.36 bits per heavy atom. The van der Waals surface area contributed by atoms with E-state index >= 15 is 0 Å². The predicted molar refractivity (Wildman–Crippen MR) is 160 cm³/mol. The van der Waals surface area contributed by atoms with E-state index in [0.717, 1.165) is 29.5 Å². The first-order chi connectivity index (χ1) is 20.2. The van der Waals surface area contributed by atoms with Crippen molar-refractivity contribution in [2.75, 3.05) is 39.7 Å². The van der Waals surface area contributed by atoms with E-state index in [1.165, 1.54) is 14.0 Å². The Hall–Kier alpha value is -4.28. The van der Waals surface area contributed by atoms with Crippen LogP contribution in [0.25, 0.3) is 11.1 Å². The van der Waals surface area contributed by atoms with Crippen molar-refractivity contribution in [3.05, 3.63) is 45.6 Å². The average Bonchev–Trinajstić information content (AvgIpc) is 3.20. The van der Waals surface area contributed by atoms with Gasteiger partial charge < -0.3 is 35.3 Å². The van der Waals surface area contributed by atoms with E-state index in [1.807, 2.05) is 12.1 Å². The molecule has 1 aliphatic rings. The van der Waals surface area contributed by atoms with Gasteiger partial charge in [0.15, 0.2) is 11.5 Å². The minimum atomic E-state index is -0.812. The van der Waals surface area contributed by atoms with Crippen LogP contribution in [-0.4, -0.2) is 57.3 Å². The first kappa shape index (κ1) is 32.2. The second kappa shape index (κ2) is 15.6. The van der Waals surface area contributed by atoms with Crippen molar-refractivity contribution in [1.29, 1.82) is 0 Å². The molecule has 2 amide bonds. The number of fused-ring (bicyclic) bond motifs is 3. The Morgan fingerprint density at radius 2 is 1.69 bits per heavy atom. The lowest BCUT2D eigenvalue weighted by molar-refractivity contribution is -0.137. The van der Waals surface area contributed by atoms with Crippen LogP contribution < -0.4 is 35.6 Å². The van der Waals surface area contributed by atoms with E-state index < -0.39 is 12.0 Å². The highest BCUT2D eigenvalue weighted by Crippen LogP contribution is 2.50. The first-order valence-electron chi connectivity index (χ1n) is 14.2. The van der Waals surface area contributed by atoms with E-state index in [9.17, 15) is 19.2 Å². The molecule has 2 aromatic carbocycles. The van der Waals surface area contributed by atoms with Crippen molar-refractivity contribution in [3.63, 3.8) is 0 Å². The molecule has 0 unspecified atom stereocenters. The third-order valence-electron chi connectivity index (χ3n) is 7.20. The topological polar surface area (TPSA) is 152 Å². The molecule has 1 aliphatic carbocycles. The van der Waals surface area contributed by atoms with E-state index in [-0.39, 0.29) is 23.7 Å². The largest absolute Gasteiger partial charge is 0.493 e. The fraction of sp³-hybridized carbons (Fsp3) is 0.484. The highest BCUT2D eigenvalue weighted by molar-refractivity contribution is 5.84. The lowest BCUT2D eigenvalue weighted by atomic mass is 9.95. The first-order valence-corrected chi connectivity index (χ1v) is 14.2. The molecule has 4 N–H and O–H groups in total. The number of nitrogens with one attached hydrogen (secondary N) is 3. The van der Waals surface area contributed by atoms with Gasteiger partial charge in [-0.3, -0.25) is 19.2 Å². The lowest BCUT2D eigenvalue weighted by Gasteiger charge is -2.19. The molecule has 0 spiro atoms.